The van der Waals surface area contributed by atoms with Crippen LogP contribution in [0, 0.1) is 0 Å². The van der Waals surface area contributed by atoms with Crippen LogP contribution >= 0.6 is 22.7 Å². The molecule has 0 aliphatic carbocycles. The number of fused-ring (bicyclic) bond motifs is 7. The van der Waals surface area contributed by atoms with E-state index in [1.807, 2.05) is 11.3 Å². The topological polar surface area (TPSA) is 17.1 Å². The van der Waals surface area contributed by atoms with Gasteiger partial charge in [0.15, 0.2) is 5.78 Å². The van der Waals surface area contributed by atoms with Gasteiger partial charge >= 0.3 is 0 Å². The van der Waals surface area contributed by atoms with Gasteiger partial charge < -0.3 is 0 Å². The summed E-state index contributed by atoms with van der Waals surface area (Å²) in [6.45, 7) is 2.24. The first-order valence-corrected chi connectivity index (χ1v) is 12.7. The molecule has 0 radical (unpaired) electrons. The zero-order valence-electron chi connectivity index (χ0n) is 17.4. The highest BCUT2D eigenvalue weighted by atomic mass is 32.1. The molecule has 0 unspecified atom stereocenters. The standard InChI is InChI=1S/C27H26OS2/c1-2-3-4-5-6-7-8-24(28)25-17-19-10-12-21-20-11-9-18-15-16-29-26(18)22(20)13-14-23(21)27(19)30-25/h9-17H,2-8H2,1H3. The van der Waals surface area contributed by atoms with E-state index in [1.165, 1.54) is 73.8 Å². The minimum Gasteiger partial charge on any atom is -0.293 e. The summed E-state index contributed by atoms with van der Waals surface area (Å²) >= 11 is 3.48. The Bertz CT molecular complexity index is 1360. The van der Waals surface area contributed by atoms with Gasteiger partial charge in [0.2, 0.25) is 0 Å². The molecule has 3 heteroatoms. The zero-order chi connectivity index (χ0) is 20.5. The summed E-state index contributed by atoms with van der Waals surface area (Å²) in [5.74, 6) is 0.306. The van der Waals surface area contributed by atoms with Gasteiger partial charge in [-0.3, -0.25) is 4.79 Å². The number of ketones is 1. The van der Waals surface area contributed by atoms with Crippen LogP contribution in [0.3, 0.4) is 0 Å². The number of thiophene rings is 2. The Morgan fingerprint density at radius 3 is 2.20 bits per heavy atom. The predicted molar refractivity (Wildman–Crippen MR) is 135 cm³/mol. The van der Waals surface area contributed by atoms with Crippen LogP contribution in [0.5, 0.6) is 0 Å². The van der Waals surface area contributed by atoms with Crippen LogP contribution in [0.4, 0.5) is 0 Å². The van der Waals surface area contributed by atoms with Crippen LogP contribution in [0.25, 0.3) is 41.7 Å². The molecule has 30 heavy (non-hydrogen) atoms. The number of hydrogen-bond donors (Lipinski definition) is 0. The third-order valence-corrected chi connectivity index (χ3v) is 8.31. The van der Waals surface area contributed by atoms with Crippen LogP contribution in [0.2, 0.25) is 0 Å². The van der Waals surface area contributed by atoms with E-state index >= 15 is 0 Å². The van der Waals surface area contributed by atoms with E-state index in [0.29, 0.717) is 12.2 Å². The molecule has 0 N–H and O–H groups in total. The SMILES string of the molecule is CCCCCCCCC(=O)c1cc2ccc3c4ccc5ccsc5c4ccc3c2s1. The number of rotatable bonds is 8. The molecule has 0 spiro atoms. The molecule has 2 heterocycles. The van der Waals surface area contributed by atoms with Crippen molar-refractivity contribution in [2.45, 2.75) is 51.9 Å². The molecule has 1 nitrogen and oxygen atoms in total. The van der Waals surface area contributed by atoms with Crippen molar-refractivity contribution in [3.63, 3.8) is 0 Å². The Balaban J connectivity index is 1.46. The predicted octanol–water partition coefficient (Wildman–Crippen LogP) is 9.36. The normalized spacial score (nSPS) is 11.9. The van der Waals surface area contributed by atoms with Gasteiger partial charge in [-0.25, -0.2) is 0 Å². The maximum atomic E-state index is 12.8. The molecule has 0 amide bonds. The lowest BCUT2D eigenvalue weighted by atomic mass is 10.00. The lowest BCUT2D eigenvalue weighted by molar-refractivity contribution is 0.0983. The first-order chi connectivity index (χ1) is 14.8. The molecular formula is C27H26OS2. The highest BCUT2D eigenvalue weighted by molar-refractivity contribution is 7.21. The third-order valence-electron chi connectivity index (χ3n) is 6.12. The second kappa shape index (κ2) is 8.49. The average molecular weight is 431 g/mol. The van der Waals surface area contributed by atoms with Gasteiger partial charge in [0.25, 0.3) is 0 Å². The zero-order valence-corrected chi connectivity index (χ0v) is 19.0. The van der Waals surface area contributed by atoms with Crippen molar-refractivity contribution in [3.8, 4) is 0 Å². The van der Waals surface area contributed by atoms with E-state index in [4.69, 9.17) is 0 Å². The third kappa shape index (κ3) is 3.55. The number of carbonyl (C=O) groups is 1. The molecule has 2 aromatic heterocycles. The molecule has 0 bridgehead atoms. The molecule has 0 saturated carbocycles. The summed E-state index contributed by atoms with van der Waals surface area (Å²) in [6, 6.07) is 17.7. The summed E-state index contributed by atoms with van der Waals surface area (Å²) in [7, 11) is 0. The van der Waals surface area contributed by atoms with Crippen molar-refractivity contribution < 1.29 is 4.79 Å². The van der Waals surface area contributed by atoms with Crippen LogP contribution in [0.15, 0.2) is 53.9 Å². The maximum Gasteiger partial charge on any atom is 0.172 e. The number of Topliss-reactive ketones (excluding diaryl/α,β-unsaturated/α-hetero) is 1. The summed E-state index contributed by atoms with van der Waals surface area (Å²) in [5.41, 5.74) is 0. The minimum atomic E-state index is 0.306. The maximum absolute atomic E-state index is 12.8. The molecule has 5 aromatic rings. The highest BCUT2D eigenvalue weighted by Gasteiger charge is 2.14. The smallest absolute Gasteiger partial charge is 0.172 e. The van der Waals surface area contributed by atoms with Crippen molar-refractivity contribution in [3.05, 3.63) is 58.8 Å². The molecule has 3 aromatic carbocycles. The van der Waals surface area contributed by atoms with Gasteiger partial charge in [0, 0.05) is 26.6 Å². The summed E-state index contributed by atoms with van der Waals surface area (Å²) in [4.78, 5) is 13.7. The van der Waals surface area contributed by atoms with Crippen LogP contribution < -0.4 is 0 Å². The minimum absolute atomic E-state index is 0.306. The number of carbonyl (C=O) groups excluding carboxylic acids is 1. The Morgan fingerprint density at radius 1 is 0.733 bits per heavy atom. The number of hydrogen-bond acceptors (Lipinski definition) is 3. The summed E-state index contributed by atoms with van der Waals surface area (Å²) in [6.07, 6.45) is 7.98. The fraction of sp³-hybridized carbons (Fsp3) is 0.296. The van der Waals surface area contributed by atoms with Gasteiger partial charge in [-0.15, -0.1) is 22.7 Å². The molecule has 152 valence electrons. The van der Waals surface area contributed by atoms with E-state index in [1.54, 1.807) is 11.3 Å². The molecule has 5 rings (SSSR count). The molecule has 0 saturated heterocycles. The van der Waals surface area contributed by atoms with Crippen molar-refractivity contribution >= 4 is 70.2 Å². The van der Waals surface area contributed by atoms with E-state index in [2.05, 4.69) is 60.8 Å². The van der Waals surface area contributed by atoms with Crippen molar-refractivity contribution in [2.75, 3.05) is 0 Å². The van der Waals surface area contributed by atoms with E-state index in [0.717, 1.165) is 11.3 Å². The fourth-order valence-corrected chi connectivity index (χ4v) is 6.56. The number of benzene rings is 3. The number of unbranched alkanes of at least 4 members (excludes halogenated alkanes) is 5. The van der Waals surface area contributed by atoms with Crippen molar-refractivity contribution in [2.24, 2.45) is 0 Å². The molecular weight excluding hydrogens is 404 g/mol. The first kappa shape index (κ1) is 19.7. The Kier molecular flexibility index (Phi) is 5.58. The van der Waals surface area contributed by atoms with Crippen molar-refractivity contribution in [1.29, 1.82) is 0 Å². The van der Waals surface area contributed by atoms with Gasteiger partial charge in [0.05, 0.1) is 4.88 Å². The van der Waals surface area contributed by atoms with Gasteiger partial charge in [-0.05, 0) is 45.5 Å². The van der Waals surface area contributed by atoms with Crippen LogP contribution in [0.1, 0.15) is 61.5 Å². The van der Waals surface area contributed by atoms with E-state index in [-0.39, 0.29) is 0 Å². The average Bonchev–Trinajstić information content (AvgIpc) is 3.42. The Morgan fingerprint density at radius 2 is 1.40 bits per heavy atom. The second-order valence-corrected chi connectivity index (χ2v) is 10.2. The monoisotopic (exact) mass is 430 g/mol. The highest BCUT2D eigenvalue weighted by Crippen LogP contribution is 2.39. The molecule has 0 aliphatic heterocycles. The molecule has 0 aliphatic rings. The van der Waals surface area contributed by atoms with Crippen molar-refractivity contribution in [1.82, 2.24) is 0 Å². The lowest BCUT2D eigenvalue weighted by Crippen LogP contribution is -1.95. The Labute approximate surface area is 185 Å². The largest absolute Gasteiger partial charge is 0.293 e. The second-order valence-electron chi connectivity index (χ2n) is 8.20. The van der Waals surface area contributed by atoms with Gasteiger partial charge in [-0.1, -0.05) is 75.4 Å². The van der Waals surface area contributed by atoms with E-state index in [9.17, 15) is 4.79 Å². The summed E-state index contributed by atoms with van der Waals surface area (Å²) < 4.78 is 2.60. The van der Waals surface area contributed by atoms with Gasteiger partial charge in [0.1, 0.15) is 0 Å². The molecule has 0 fully saturated rings. The quantitative estimate of drug-likeness (QED) is 0.136. The Hall–Kier alpha value is -2.23. The molecule has 0 atom stereocenters. The van der Waals surface area contributed by atoms with Crippen LogP contribution in [-0.4, -0.2) is 5.78 Å². The van der Waals surface area contributed by atoms with Gasteiger partial charge in [-0.2, -0.15) is 0 Å². The lowest BCUT2D eigenvalue weighted by Gasteiger charge is -2.06. The summed E-state index contributed by atoms with van der Waals surface area (Å²) in [5, 5.41) is 9.84. The van der Waals surface area contributed by atoms with Crippen LogP contribution in [-0.2, 0) is 0 Å². The van der Waals surface area contributed by atoms with E-state index < -0.39 is 0 Å². The first-order valence-electron chi connectivity index (χ1n) is 11.0. The fourth-order valence-electron chi connectivity index (χ4n) is 4.47.